The number of benzene rings is 3. The third kappa shape index (κ3) is 6.37. The van der Waals surface area contributed by atoms with Crippen LogP contribution in [0.3, 0.4) is 0 Å². The number of anilines is 1. The predicted octanol–water partition coefficient (Wildman–Crippen LogP) is 5.17. The smallest absolute Gasteiger partial charge is 0.293 e. The van der Waals surface area contributed by atoms with Crippen LogP contribution in [0.2, 0.25) is 0 Å². The summed E-state index contributed by atoms with van der Waals surface area (Å²) < 4.78 is 11.0. The number of carbonyl (C=O) groups is 3. The minimum Gasteiger partial charge on any atom is -0.493 e. The quantitative estimate of drug-likeness (QED) is 0.227. The van der Waals surface area contributed by atoms with E-state index in [-0.39, 0.29) is 29.7 Å². The number of nitro benzene ring substituents is 1. The number of nitrogens with one attached hydrogen (secondary N) is 1. The van der Waals surface area contributed by atoms with Crippen LogP contribution < -0.4 is 14.8 Å². The Morgan fingerprint density at radius 1 is 1.08 bits per heavy atom. The van der Waals surface area contributed by atoms with Crippen molar-refractivity contribution >= 4 is 46.3 Å². The Balaban J connectivity index is 1.42. The number of non-ortho nitro benzene ring substituents is 1. The van der Waals surface area contributed by atoms with E-state index in [1.807, 2.05) is 19.1 Å². The maximum Gasteiger partial charge on any atom is 0.293 e. The van der Waals surface area contributed by atoms with Crippen molar-refractivity contribution in [1.29, 1.82) is 0 Å². The fourth-order valence-electron chi connectivity index (χ4n) is 3.61. The Bertz CT molecular complexity index is 1440. The zero-order valence-corrected chi connectivity index (χ0v) is 21.3. The summed E-state index contributed by atoms with van der Waals surface area (Å²) in [6.45, 7) is 1.64. The number of hydrogen-bond acceptors (Lipinski definition) is 8. The van der Waals surface area contributed by atoms with Crippen LogP contribution in [-0.4, -0.2) is 40.6 Å². The van der Waals surface area contributed by atoms with Crippen molar-refractivity contribution in [3.8, 4) is 11.5 Å². The molecule has 38 heavy (non-hydrogen) atoms. The first-order chi connectivity index (χ1) is 18.2. The molecular weight excluding hydrogens is 510 g/mol. The monoisotopic (exact) mass is 533 g/mol. The molecule has 4 rings (SSSR count). The number of hydrogen-bond donors (Lipinski definition) is 1. The maximum absolute atomic E-state index is 12.9. The molecule has 0 spiro atoms. The first-order valence-corrected chi connectivity index (χ1v) is 12.2. The second-order valence-corrected chi connectivity index (χ2v) is 9.30. The van der Waals surface area contributed by atoms with E-state index in [4.69, 9.17) is 9.47 Å². The molecule has 0 aliphatic carbocycles. The molecule has 1 N–H and O–H groups in total. The molecule has 0 bridgehead atoms. The van der Waals surface area contributed by atoms with Gasteiger partial charge >= 0.3 is 0 Å². The number of nitro groups is 1. The van der Waals surface area contributed by atoms with Crippen LogP contribution in [0.5, 0.6) is 11.5 Å². The molecule has 0 aromatic heterocycles. The van der Waals surface area contributed by atoms with Gasteiger partial charge in [0.1, 0.15) is 0 Å². The van der Waals surface area contributed by atoms with Crippen molar-refractivity contribution in [2.75, 3.05) is 19.0 Å². The Morgan fingerprint density at radius 2 is 1.84 bits per heavy atom. The van der Waals surface area contributed by atoms with E-state index in [9.17, 15) is 24.5 Å². The summed E-state index contributed by atoms with van der Waals surface area (Å²) in [7, 11) is 1.45. The number of ether oxygens (including phenoxy) is 2. The van der Waals surface area contributed by atoms with E-state index in [1.54, 1.807) is 42.5 Å². The third-order valence-corrected chi connectivity index (χ3v) is 6.42. The first-order valence-electron chi connectivity index (χ1n) is 11.4. The lowest BCUT2D eigenvalue weighted by Crippen LogP contribution is -2.27. The largest absolute Gasteiger partial charge is 0.493 e. The van der Waals surface area contributed by atoms with Crippen LogP contribution >= 0.6 is 11.8 Å². The zero-order valence-electron chi connectivity index (χ0n) is 20.5. The molecule has 1 aliphatic rings. The van der Waals surface area contributed by atoms with Crippen LogP contribution in [-0.2, 0) is 16.1 Å². The second-order valence-electron chi connectivity index (χ2n) is 8.31. The van der Waals surface area contributed by atoms with Gasteiger partial charge in [0.05, 0.1) is 23.5 Å². The average molecular weight is 534 g/mol. The summed E-state index contributed by atoms with van der Waals surface area (Å²) in [4.78, 5) is 49.4. The lowest BCUT2D eigenvalue weighted by atomic mass is 10.1. The number of methoxy groups -OCH3 is 1. The molecule has 10 nitrogen and oxygen atoms in total. The second kappa shape index (κ2) is 11.6. The molecule has 1 aliphatic heterocycles. The molecule has 11 heteroatoms. The Kier molecular flexibility index (Phi) is 8.07. The average Bonchev–Trinajstić information content (AvgIpc) is 3.16. The summed E-state index contributed by atoms with van der Waals surface area (Å²) in [5.41, 5.74) is 2.67. The molecule has 3 aromatic rings. The normalized spacial score (nSPS) is 14.1. The van der Waals surface area contributed by atoms with Gasteiger partial charge in [0.25, 0.3) is 22.7 Å². The van der Waals surface area contributed by atoms with Crippen LogP contribution in [0.1, 0.15) is 16.7 Å². The highest BCUT2D eigenvalue weighted by atomic mass is 32.2. The van der Waals surface area contributed by atoms with Crippen molar-refractivity contribution in [1.82, 2.24) is 4.90 Å². The van der Waals surface area contributed by atoms with Gasteiger partial charge in [-0.15, -0.1) is 0 Å². The number of nitrogens with zero attached hydrogens (tertiary/aromatic N) is 2. The van der Waals surface area contributed by atoms with Gasteiger partial charge in [-0.25, -0.2) is 0 Å². The molecular formula is C27H23N3O7S. The van der Waals surface area contributed by atoms with Crippen LogP contribution in [0.4, 0.5) is 16.2 Å². The van der Waals surface area contributed by atoms with Crippen molar-refractivity contribution in [2.45, 2.75) is 13.5 Å². The fourth-order valence-corrected chi connectivity index (χ4v) is 4.45. The molecule has 0 saturated carbocycles. The number of aryl methyl sites for hydroxylation is 1. The summed E-state index contributed by atoms with van der Waals surface area (Å²) in [5, 5.41) is 13.3. The molecule has 194 valence electrons. The van der Waals surface area contributed by atoms with E-state index < -0.39 is 16.1 Å². The van der Waals surface area contributed by atoms with Gasteiger partial charge in [-0.3, -0.25) is 29.4 Å². The standard InChI is InChI=1S/C27H23N3O7S/c1-17-6-9-20(10-7-17)28-25(31)16-37-22-11-8-18(13-23(22)36-2)14-24-26(32)29(27(33)38-24)15-19-4-3-5-21(12-19)30(34)35/h3-14H,15-16H2,1-2H3,(H,28,31)/b24-14+. The van der Waals surface area contributed by atoms with E-state index in [1.165, 1.54) is 25.3 Å². The zero-order chi connectivity index (χ0) is 27.2. The van der Waals surface area contributed by atoms with Crippen LogP contribution in [0.25, 0.3) is 6.08 Å². The van der Waals surface area contributed by atoms with Gasteiger partial charge in [-0.1, -0.05) is 35.9 Å². The molecule has 1 saturated heterocycles. The summed E-state index contributed by atoms with van der Waals surface area (Å²) >= 11 is 0.780. The Hall–Kier alpha value is -4.64. The van der Waals surface area contributed by atoms with Crippen LogP contribution in [0.15, 0.2) is 71.6 Å². The molecule has 3 amide bonds. The number of thioether (sulfide) groups is 1. The fraction of sp³-hybridized carbons (Fsp3) is 0.148. The Labute approximate surface area is 222 Å². The number of imide groups is 1. The van der Waals surface area contributed by atoms with Gasteiger partial charge in [0, 0.05) is 17.8 Å². The Morgan fingerprint density at radius 3 is 2.55 bits per heavy atom. The predicted molar refractivity (Wildman–Crippen MR) is 143 cm³/mol. The topological polar surface area (TPSA) is 128 Å². The van der Waals surface area contributed by atoms with E-state index in [0.717, 1.165) is 22.2 Å². The summed E-state index contributed by atoms with van der Waals surface area (Å²) in [6.07, 6.45) is 1.55. The van der Waals surface area contributed by atoms with Gasteiger partial charge in [0.2, 0.25) is 0 Å². The molecule has 3 aromatic carbocycles. The van der Waals surface area contributed by atoms with Crippen molar-refractivity contribution in [3.05, 3.63) is 98.4 Å². The van der Waals surface area contributed by atoms with Crippen molar-refractivity contribution < 1.29 is 28.8 Å². The number of amides is 3. The highest BCUT2D eigenvalue weighted by Crippen LogP contribution is 2.35. The molecule has 1 fully saturated rings. The van der Waals surface area contributed by atoms with Gasteiger partial charge in [-0.05, 0) is 60.2 Å². The first kappa shape index (κ1) is 26.4. The SMILES string of the molecule is COc1cc(/C=C2/SC(=O)N(Cc3cccc([N+](=O)[O-])c3)C2=O)ccc1OCC(=O)Nc1ccc(C)cc1. The molecule has 1 heterocycles. The van der Waals surface area contributed by atoms with Gasteiger partial charge < -0.3 is 14.8 Å². The number of rotatable bonds is 9. The van der Waals surface area contributed by atoms with Gasteiger partial charge in [-0.2, -0.15) is 0 Å². The van der Waals surface area contributed by atoms with E-state index >= 15 is 0 Å². The van der Waals surface area contributed by atoms with Crippen LogP contribution in [0, 0.1) is 17.0 Å². The van der Waals surface area contributed by atoms with E-state index in [2.05, 4.69) is 5.32 Å². The maximum atomic E-state index is 12.9. The van der Waals surface area contributed by atoms with Crippen molar-refractivity contribution in [3.63, 3.8) is 0 Å². The van der Waals surface area contributed by atoms with Gasteiger partial charge in [0.15, 0.2) is 18.1 Å². The van der Waals surface area contributed by atoms with E-state index in [0.29, 0.717) is 28.3 Å². The molecule has 0 radical (unpaired) electrons. The lowest BCUT2D eigenvalue weighted by Gasteiger charge is -2.12. The van der Waals surface area contributed by atoms with Crippen molar-refractivity contribution in [2.24, 2.45) is 0 Å². The molecule has 0 unspecified atom stereocenters. The third-order valence-electron chi connectivity index (χ3n) is 5.52. The highest BCUT2D eigenvalue weighted by molar-refractivity contribution is 8.18. The number of carbonyl (C=O) groups excluding carboxylic acids is 3. The highest BCUT2D eigenvalue weighted by Gasteiger charge is 2.35. The summed E-state index contributed by atoms with van der Waals surface area (Å²) in [5.74, 6) is -0.156. The lowest BCUT2D eigenvalue weighted by molar-refractivity contribution is -0.384. The molecule has 0 atom stereocenters. The summed E-state index contributed by atoms with van der Waals surface area (Å²) in [6, 6.07) is 18.1. The minimum atomic E-state index is -0.533. The minimum absolute atomic E-state index is 0.0789.